The Kier molecular flexibility index (Phi) is 9.67. The number of rotatable bonds is 8. The van der Waals surface area contributed by atoms with E-state index in [9.17, 15) is 4.79 Å². The van der Waals surface area contributed by atoms with Gasteiger partial charge in [-0.3, -0.25) is 9.69 Å². The molecular weight excluding hydrogens is 314 g/mol. The number of halogens is 1. The van der Waals surface area contributed by atoms with Crippen LogP contribution < -0.4 is 15.4 Å². The van der Waals surface area contributed by atoms with Gasteiger partial charge in [-0.25, -0.2) is 0 Å². The van der Waals surface area contributed by atoms with Gasteiger partial charge in [0.2, 0.25) is 0 Å². The zero-order valence-corrected chi connectivity index (χ0v) is 14.7. The maximum atomic E-state index is 12.1. The van der Waals surface area contributed by atoms with Crippen LogP contribution in [0.15, 0.2) is 24.3 Å². The Morgan fingerprint density at radius 1 is 1.26 bits per heavy atom. The number of nitrogens with one attached hydrogen (secondary N) is 2. The normalized spacial score (nSPS) is 14.8. The van der Waals surface area contributed by atoms with E-state index < -0.39 is 0 Å². The van der Waals surface area contributed by atoms with Crippen molar-refractivity contribution in [2.75, 3.05) is 45.9 Å². The molecule has 0 radical (unpaired) electrons. The molecule has 0 saturated carbocycles. The molecule has 1 aromatic rings. The molecule has 1 aromatic carbocycles. The first-order chi connectivity index (χ1) is 10.8. The summed E-state index contributed by atoms with van der Waals surface area (Å²) in [5, 5.41) is 6.30. The van der Waals surface area contributed by atoms with E-state index in [1.807, 2.05) is 24.3 Å². The molecule has 0 spiro atoms. The molecule has 0 bridgehead atoms. The van der Waals surface area contributed by atoms with E-state index in [2.05, 4.69) is 22.5 Å². The third-order valence-electron chi connectivity index (χ3n) is 3.81. The molecule has 0 aromatic heterocycles. The monoisotopic (exact) mass is 341 g/mol. The molecule has 1 aliphatic rings. The first kappa shape index (κ1) is 19.7. The molecule has 1 heterocycles. The second-order valence-electron chi connectivity index (χ2n) is 5.57. The number of nitrogens with zero attached hydrogens (tertiary/aromatic N) is 1. The van der Waals surface area contributed by atoms with Crippen LogP contribution in [0.1, 0.15) is 30.1 Å². The standard InChI is InChI=1S/C17H27N3O2.ClH/c1-2-3-14-22-16-6-4-15(5-7-16)17(21)19-10-13-20-11-8-18-9-12-20;/h4-7,18H,2-3,8-14H2,1H3,(H,19,21);1H. The Bertz CT molecular complexity index is 448. The third-order valence-corrected chi connectivity index (χ3v) is 3.81. The van der Waals surface area contributed by atoms with Crippen molar-refractivity contribution in [1.29, 1.82) is 0 Å². The van der Waals surface area contributed by atoms with Gasteiger partial charge in [0.15, 0.2) is 0 Å². The molecule has 130 valence electrons. The lowest BCUT2D eigenvalue weighted by atomic mass is 10.2. The summed E-state index contributed by atoms with van der Waals surface area (Å²) in [6, 6.07) is 7.37. The number of carbonyl (C=O) groups excluding carboxylic acids is 1. The summed E-state index contributed by atoms with van der Waals surface area (Å²) in [6.07, 6.45) is 2.17. The average Bonchev–Trinajstić information content (AvgIpc) is 2.56. The first-order valence-electron chi connectivity index (χ1n) is 8.23. The number of amides is 1. The Morgan fingerprint density at radius 3 is 2.61 bits per heavy atom. The third kappa shape index (κ3) is 7.20. The Balaban J connectivity index is 0.00000264. The van der Waals surface area contributed by atoms with Crippen molar-refractivity contribution < 1.29 is 9.53 Å². The van der Waals surface area contributed by atoms with Crippen LogP contribution in [-0.4, -0.2) is 56.7 Å². The summed E-state index contributed by atoms with van der Waals surface area (Å²) < 4.78 is 5.60. The summed E-state index contributed by atoms with van der Waals surface area (Å²) >= 11 is 0. The minimum absolute atomic E-state index is 0. The highest BCUT2D eigenvalue weighted by Crippen LogP contribution is 2.12. The van der Waals surface area contributed by atoms with Crippen LogP contribution in [0.4, 0.5) is 0 Å². The van der Waals surface area contributed by atoms with E-state index >= 15 is 0 Å². The van der Waals surface area contributed by atoms with Crippen LogP contribution in [0.2, 0.25) is 0 Å². The summed E-state index contributed by atoms with van der Waals surface area (Å²) in [7, 11) is 0. The van der Waals surface area contributed by atoms with Gasteiger partial charge in [-0.05, 0) is 30.7 Å². The molecule has 23 heavy (non-hydrogen) atoms. The van der Waals surface area contributed by atoms with Crippen molar-refractivity contribution in [1.82, 2.24) is 15.5 Å². The molecule has 1 saturated heterocycles. The molecule has 0 atom stereocenters. The van der Waals surface area contributed by atoms with Crippen molar-refractivity contribution in [3.05, 3.63) is 29.8 Å². The highest BCUT2D eigenvalue weighted by atomic mass is 35.5. The number of ether oxygens (including phenoxy) is 1. The van der Waals surface area contributed by atoms with Crippen molar-refractivity contribution in [3.63, 3.8) is 0 Å². The Morgan fingerprint density at radius 2 is 1.96 bits per heavy atom. The Labute approximate surface area is 145 Å². The van der Waals surface area contributed by atoms with Gasteiger partial charge in [-0.15, -0.1) is 12.4 Å². The number of carbonyl (C=O) groups is 1. The summed E-state index contributed by atoms with van der Waals surface area (Å²) in [6.45, 7) is 8.64. The highest BCUT2D eigenvalue weighted by Gasteiger charge is 2.10. The topological polar surface area (TPSA) is 53.6 Å². The van der Waals surface area contributed by atoms with Crippen molar-refractivity contribution in [2.45, 2.75) is 19.8 Å². The van der Waals surface area contributed by atoms with Gasteiger partial charge in [0, 0.05) is 44.8 Å². The van der Waals surface area contributed by atoms with E-state index in [4.69, 9.17) is 4.74 Å². The van der Waals surface area contributed by atoms with Crippen molar-refractivity contribution in [2.24, 2.45) is 0 Å². The first-order valence-corrected chi connectivity index (χ1v) is 8.23. The van der Waals surface area contributed by atoms with Gasteiger partial charge in [0.1, 0.15) is 5.75 Å². The summed E-state index contributed by atoms with van der Waals surface area (Å²) in [4.78, 5) is 14.4. The average molecular weight is 342 g/mol. The summed E-state index contributed by atoms with van der Waals surface area (Å²) in [5.41, 5.74) is 0.683. The molecule has 2 N–H and O–H groups in total. The minimum atomic E-state index is -0.0183. The fraction of sp³-hybridized carbons (Fsp3) is 0.588. The molecular formula is C17H28ClN3O2. The van der Waals surface area contributed by atoms with E-state index in [0.29, 0.717) is 12.1 Å². The van der Waals surface area contributed by atoms with E-state index in [1.165, 1.54) is 0 Å². The highest BCUT2D eigenvalue weighted by molar-refractivity contribution is 5.94. The maximum absolute atomic E-state index is 12.1. The second kappa shape index (κ2) is 11.3. The van der Waals surface area contributed by atoms with Crippen LogP contribution in [0.25, 0.3) is 0 Å². The smallest absolute Gasteiger partial charge is 0.251 e. The van der Waals surface area contributed by atoms with Gasteiger partial charge in [0.25, 0.3) is 5.91 Å². The van der Waals surface area contributed by atoms with Crippen molar-refractivity contribution >= 4 is 18.3 Å². The number of hydrogen-bond acceptors (Lipinski definition) is 4. The van der Waals surface area contributed by atoms with E-state index in [-0.39, 0.29) is 18.3 Å². The van der Waals surface area contributed by atoms with Crippen LogP contribution in [0.3, 0.4) is 0 Å². The SMILES string of the molecule is CCCCOc1ccc(C(=O)NCCN2CCNCC2)cc1.Cl. The second-order valence-corrected chi connectivity index (χ2v) is 5.57. The molecule has 6 heteroatoms. The van der Waals surface area contributed by atoms with Crippen LogP contribution >= 0.6 is 12.4 Å². The predicted molar refractivity (Wildman–Crippen MR) is 95.7 cm³/mol. The van der Waals surface area contributed by atoms with Crippen molar-refractivity contribution in [3.8, 4) is 5.75 Å². The van der Waals surface area contributed by atoms with Crippen LogP contribution in [-0.2, 0) is 0 Å². The van der Waals surface area contributed by atoms with Gasteiger partial charge >= 0.3 is 0 Å². The van der Waals surface area contributed by atoms with E-state index in [0.717, 1.165) is 57.9 Å². The lowest BCUT2D eigenvalue weighted by Gasteiger charge is -2.27. The largest absolute Gasteiger partial charge is 0.494 e. The molecule has 1 aliphatic heterocycles. The fourth-order valence-corrected chi connectivity index (χ4v) is 2.40. The molecule has 1 fully saturated rings. The minimum Gasteiger partial charge on any atom is -0.494 e. The zero-order valence-electron chi connectivity index (χ0n) is 13.8. The number of unbranched alkanes of at least 4 members (excludes halogenated alkanes) is 1. The number of benzene rings is 1. The van der Waals surface area contributed by atoms with Crippen LogP contribution in [0.5, 0.6) is 5.75 Å². The molecule has 2 rings (SSSR count). The van der Waals surface area contributed by atoms with Gasteiger partial charge in [-0.1, -0.05) is 13.3 Å². The molecule has 1 amide bonds. The van der Waals surface area contributed by atoms with Gasteiger partial charge < -0.3 is 15.4 Å². The van der Waals surface area contributed by atoms with Crippen LogP contribution in [0, 0.1) is 0 Å². The molecule has 5 nitrogen and oxygen atoms in total. The maximum Gasteiger partial charge on any atom is 0.251 e. The lowest BCUT2D eigenvalue weighted by Crippen LogP contribution is -2.46. The van der Waals surface area contributed by atoms with Gasteiger partial charge in [0.05, 0.1) is 6.61 Å². The lowest BCUT2D eigenvalue weighted by molar-refractivity contribution is 0.0947. The molecule has 0 aliphatic carbocycles. The van der Waals surface area contributed by atoms with E-state index in [1.54, 1.807) is 0 Å². The molecule has 0 unspecified atom stereocenters. The summed E-state index contributed by atoms with van der Waals surface area (Å²) in [5.74, 6) is 0.807. The predicted octanol–water partition coefficient (Wildman–Crippen LogP) is 1.92. The van der Waals surface area contributed by atoms with Gasteiger partial charge in [-0.2, -0.15) is 0 Å². The Hall–Kier alpha value is -1.30. The quantitative estimate of drug-likeness (QED) is 0.709. The fourth-order valence-electron chi connectivity index (χ4n) is 2.40. The number of piperazine rings is 1. The zero-order chi connectivity index (χ0) is 15.6. The number of hydrogen-bond donors (Lipinski definition) is 2.